The van der Waals surface area contributed by atoms with Crippen molar-refractivity contribution in [2.45, 2.75) is 0 Å². The van der Waals surface area contributed by atoms with Crippen LogP contribution in [0.4, 0.5) is 0 Å². The maximum absolute atomic E-state index is 11.1. The summed E-state index contributed by atoms with van der Waals surface area (Å²) in [6.45, 7) is 0. The van der Waals surface area contributed by atoms with Crippen molar-refractivity contribution in [2.24, 2.45) is 5.73 Å². The summed E-state index contributed by atoms with van der Waals surface area (Å²) in [6.07, 6.45) is 3.26. The van der Waals surface area contributed by atoms with E-state index >= 15 is 0 Å². The molecule has 2 aromatic rings. The molecule has 0 unspecified atom stereocenters. The number of amides is 1. The van der Waals surface area contributed by atoms with Gasteiger partial charge in [0.25, 0.3) is 0 Å². The lowest BCUT2D eigenvalue weighted by Crippen LogP contribution is -2.11. The van der Waals surface area contributed by atoms with E-state index in [1.807, 2.05) is 0 Å². The van der Waals surface area contributed by atoms with Crippen molar-refractivity contribution in [3.8, 4) is 11.5 Å². The molecule has 2 N–H and O–H groups in total. The van der Waals surface area contributed by atoms with E-state index in [1.54, 1.807) is 36.7 Å². The standard InChI is InChI=1S/C12H8Br2N2O2/c13-7-3-9(6-16-5-7)18-8-1-2-10(12(15)17)11(14)4-8/h1-6H,(H2,15,17). The Morgan fingerprint density at radius 3 is 2.56 bits per heavy atom. The van der Waals surface area contributed by atoms with Crippen LogP contribution in [0.5, 0.6) is 11.5 Å². The van der Waals surface area contributed by atoms with Crippen molar-refractivity contribution in [3.63, 3.8) is 0 Å². The van der Waals surface area contributed by atoms with Crippen LogP contribution in [0.2, 0.25) is 0 Å². The average molecular weight is 372 g/mol. The molecule has 2 rings (SSSR count). The van der Waals surface area contributed by atoms with Gasteiger partial charge in [0.05, 0.1) is 11.8 Å². The first-order chi connectivity index (χ1) is 8.56. The second kappa shape index (κ2) is 5.49. The number of pyridine rings is 1. The fraction of sp³-hybridized carbons (Fsp3) is 0. The molecule has 0 spiro atoms. The van der Waals surface area contributed by atoms with Gasteiger partial charge in [0.2, 0.25) is 5.91 Å². The van der Waals surface area contributed by atoms with E-state index in [1.165, 1.54) is 0 Å². The molecule has 6 heteroatoms. The zero-order chi connectivity index (χ0) is 13.1. The fourth-order valence-corrected chi connectivity index (χ4v) is 2.24. The maximum Gasteiger partial charge on any atom is 0.249 e. The molecular formula is C12H8Br2N2O2. The predicted molar refractivity (Wildman–Crippen MR) is 74.7 cm³/mol. The van der Waals surface area contributed by atoms with Crippen LogP contribution >= 0.6 is 31.9 Å². The molecule has 0 saturated carbocycles. The van der Waals surface area contributed by atoms with E-state index in [0.717, 1.165) is 4.47 Å². The van der Waals surface area contributed by atoms with Gasteiger partial charge in [-0.05, 0) is 56.1 Å². The van der Waals surface area contributed by atoms with Crippen molar-refractivity contribution in [3.05, 3.63) is 51.2 Å². The lowest BCUT2D eigenvalue weighted by atomic mass is 10.2. The van der Waals surface area contributed by atoms with Gasteiger partial charge in [0.1, 0.15) is 11.5 Å². The number of aromatic nitrogens is 1. The van der Waals surface area contributed by atoms with Crippen LogP contribution in [0.1, 0.15) is 10.4 Å². The van der Waals surface area contributed by atoms with Gasteiger partial charge >= 0.3 is 0 Å². The summed E-state index contributed by atoms with van der Waals surface area (Å²) in [7, 11) is 0. The monoisotopic (exact) mass is 370 g/mol. The van der Waals surface area contributed by atoms with Crippen LogP contribution in [-0.4, -0.2) is 10.9 Å². The van der Waals surface area contributed by atoms with E-state index in [2.05, 4.69) is 36.8 Å². The quantitative estimate of drug-likeness (QED) is 0.897. The Balaban J connectivity index is 2.25. The molecule has 0 atom stereocenters. The molecule has 1 aromatic heterocycles. The Bertz CT molecular complexity index is 602. The maximum atomic E-state index is 11.1. The molecule has 0 bridgehead atoms. The summed E-state index contributed by atoms with van der Waals surface area (Å²) >= 11 is 6.58. The molecule has 0 fully saturated rings. The molecule has 0 aliphatic carbocycles. The Kier molecular flexibility index (Phi) is 3.98. The van der Waals surface area contributed by atoms with Gasteiger partial charge in [0, 0.05) is 15.1 Å². The average Bonchev–Trinajstić information content (AvgIpc) is 2.28. The first kappa shape index (κ1) is 13.0. The lowest BCUT2D eigenvalue weighted by Gasteiger charge is -2.07. The highest BCUT2D eigenvalue weighted by molar-refractivity contribution is 9.10. The number of nitrogens with two attached hydrogens (primary N) is 1. The van der Waals surface area contributed by atoms with Gasteiger partial charge in [-0.25, -0.2) is 0 Å². The third kappa shape index (κ3) is 3.08. The molecular weight excluding hydrogens is 364 g/mol. The minimum Gasteiger partial charge on any atom is -0.456 e. The Hall–Kier alpha value is -1.40. The normalized spacial score (nSPS) is 10.1. The highest BCUT2D eigenvalue weighted by Gasteiger charge is 2.07. The van der Waals surface area contributed by atoms with Crippen LogP contribution in [0, 0.1) is 0 Å². The molecule has 1 aromatic carbocycles. The van der Waals surface area contributed by atoms with E-state index < -0.39 is 5.91 Å². The number of halogens is 2. The molecule has 0 saturated heterocycles. The number of carbonyl (C=O) groups excluding carboxylic acids is 1. The first-order valence-corrected chi connectivity index (χ1v) is 6.52. The Morgan fingerprint density at radius 1 is 1.17 bits per heavy atom. The third-order valence-electron chi connectivity index (χ3n) is 2.12. The first-order valence-electron chi connectivity index (χ1n) is 4.94. The van der Waals surface area contributed by atoms with Crippen molar-refractivity contribution in [1.29, 1.82) is 0 Å². The van der Waals surface area contributed by atoms with Crippen molar-refractivity contribution >= 4 is 37.8 Å². The van der Waals surface area contributed by atoms with Gasteiger partial charge in [0.15, 0.2) is 0 Å². The molecule has 18 heavy (non-hydrogen) atoms. The highest BCUT2D eigenvalue weighted by Crippen LogP contribution is 2.27. The predicted octanol–water partition coefficient (Wildman–Crippen LogP) is 3.50. The molecule has 0 radical (unpaired) electrons. The number of hydrogen-bond donors (Lipinski definition) is 1. The molecule has 0 aliphatic heterocycles. The van der Waals surface area contributed by atoms with Gasteiger partial charge in [-0.1, -0.05) is 0 Å². The highest BCUT2D eigenvalue weighted by atomic mass is 79.9. The van der Waals surface area contributed by atoms with Crippen LogP contribution in [0.3, 0.4) is 0 Å². The van der Waals surface area contributed by atoms with Crippen LogP contribution in [0.25, 0.3) is 0 Å². The number of ether oxygens (including phenoxy) is 1. The molecule has 4 nitrogen and oxygen atoms in total. The third-order valence-corrected chi connectivity index (χ3v) is 3.21. The summed E-state index contributed by atoms with van der Waals surface area (Å²) < 4.78 is 7.02. The summed E-state index contributed by atoms with van der Waals surface area (Å²) in [4.78, 5) is 15.1. The lowest BCUT2D eigenvalue weighted by molar-refractivity contribution is 0.0999. The minimum absolute atomic E-state index is 0.412. The number of carbonyl (C=O) groups is 1. The van der Waals surface area contributed by atoms with Gasteiger partial charge < -0.3 is 10.5 Å². The molecule has 1 heterocycles. The number of nitrogens with zero attached hydrogens (tertiary/aromatic N) is 1. The second-order valence-corrected chi connectivity index (χ2v) is 5.22. The van der Waals surface area contributed by atoms with E-state index in [0.29, 0.717) is 21.5 Å². The van der Waals surface area contributed by atoms with Crippen molar-refractivity contribution < 1.29 is 9.53 Å². The van der Waals surface area contributed by atoms with Gasteiger partial charge in [-0.2, -0.15) is 0 Å². The van der Waals surface area contributed by atoms with E-state index in [4.69, 9.17) is 10.5 Å². The van der Waals surface area contributed by atoms with Crippen LogP contribution in [0.15, 0.2) is 45.6 Å². The van der Waals surface area contributed by atoms with Crippen LogP contribution in [-0.2, 0) is 0 Å². The summed E-state index contributed by atoms with van der Waals surface area (Å²) in [5.41, 5.74) is 5.62. The van der Waals surface area contributed by atoms with Crippen LogP contribution < -0.4 is 10.5 Å². The second-order valence-electron chi connectivity index (χ2n) is 3.45. The van der Waals surface area contributed by atoms with Crippen molar-refractivity contribution in [1.82, 2.24) is 4.98 Å². The molecule has 92 valence electrons. The number of primary amides is 1. The SMILES string of the molecule is NC(=O)c1ccc(Oc2cncc(Br)c2)cc1Br. The Morgan fingerprint density at radius 2 is 1.94 bits per heavy atom. The van der Waals surface area contributed by atoms with Gasteiger partial charge in [-0.15, -0.1) is 0 Å². The zero-order valence-electron chi connectivity index (χ0n) is 9.06. The van der Waals surface area contributed by atoms with Gasteiger partial charge in [-0.3, -0.25) is 9.78 Å². The van der Waals surface area contributed by atoms with E-state index in [-0.39, 0.29) is 0 Å². The summed E-state index contributed by atoms with van der Waals surface area (Å²) in [6, 6.07) is 6.75. The fourth-order valence-electron chi connectivity index (χ4n) is 1.34. The smallest absolute Gasteiger partial charge is 0.249 e. The molecule has 1 amide bonds. The van der Waals surface area contributed by atoms with Crippen molar-refractivity contribution in [2.75, 3.05) is 0 Å². The zero-order valence-corrected chi connectivity index (χ0v) is 12.2. The number of hydrogen-bond acceptors (Lipinski definition) is 3. The topological polar surface area (TPSA) is 65.2 Å². The number of benzene rings is 1. The van der Waals surface area contributed by atoms with E-state index in [9.17, 15) is 4.79 Å². The summed E-state index contributed by atoms with van der Waals surface area (Å²) in [5.74, 6) is 0.701. The number of rotatable bonds is 3. The summed E-state index contributed by atoms with van der Waals surface area (Å²) in [5, 5.41) is 0. The minimum atomic E-state index is -0.488. The molecule has 0 aliphatic rings. The Labute approximate surface area is 120 Å². The largest absolute Gasteiger partial charge is 0.456 e.